The van der Waals surface area contributed by atoms with Crippen LogP contribution in [0, 0.1) is 10.1 Å². The summed E-state index contributed by atoms with van der Waals surface area (Å²) in [6, 6.07) is 13.7. The highest BCUT2D eigenvalue weighted by atomic mass is 32.3. The fraction of sp³-hybridized carbons (Fsp3) is 0.227. The molecule has 0 aliphatic heterocycles. The van der Waals surface area contributed by atoms with Crippen molar-refractivity contribution in [2.75, 3.05) is 20.2 Å². The molecule has 2 aromatic carbocycles. The number of nitrogens with zero attached hydrogens (tertiary/aromatic N) is 4. The monoisotopic (exact) mass is 521 g/mol. The molecule has 1 unspecified atom stereocenters. The quantitative estimate of drug-likeness (QED) is 0.0824. The number of carbonyl (C=O) groups excluding carboxylic acids is 1. The number of ether oxygens (including phenoxy) is 1. The lowest BCUT2D eigenvalue weighted by Gasteiger charge is -2.32. The van der Waals surface area contributed by atoms with Crippen molar-refractivity contribution in [2.45, 2.75) is 18.7 Å². The standard InChI is InChI=1S/C22H22FN4O6S2/c1-4-27(3,17-10-12-18(13-11-17)35(23,31)32)16-8-6-15(7-9-16)24-25-21-19(22(28)33-5-2)14-20(34-21)26(29)30/h6-14H,4-5H2,1-3H3/q+1. The van der Waals surface area contributed by atoms with Gasteiger partial charge in [0.05, 0.1) is 35.7 Å². The second-order valence-corrected chi connectivity index (χ2v) is 9.79. The van der Waals surface area contributed by atoms with Gasteiger partial charge in [0.1, 0.15) is 16.9 Å². The summed E-state index contributed by atoms with van der Waals surface area (Å²) in [5.41, 5.74) is 2.01. The third kappa shape index (κ3) is 5.75. The van der Waals surface area contributed by atoms with E-state index >= 15 is 0 Å². The number of hydrogen-bond acceptors (Lipinski definition) is 9. The highest BCUT2D eigenvalue weighted by Gasteiger charge is 2.27. The Bertz CT molecular complexity index is 1370. The molecule has 0 N–H and O–H groups in total. The molecular weight excluding hydrogens is 499 g/mol. The third-order valence-corrected chi connectivity index (χ3v) is 7.18. The molecule has 0 saturated heterocycles. The van der Waals surface area contributed by atoms with Gasteiger partial charge in [0.25, 0.3) is 0 Å². The summed E-state index contributed by atoms with van der Waals surface area (Å²) < 4.78 is 40.7. The van der Waals surface area contributed by atoms with Gasteiger partial charge in [0.2, 0.25) is 0 Å². The molecule has 0 fully saturated rings. The van der Waals surface area contributed by atoms with E-state index in [0.717, 1.165) is 28.8 Å². The zero-order valence-corrected chi connectivity index (χ0v) is 20.7. The van der Waals surface area contributed by atoms with Gasteiger partial charge in [-0.2, -0.15) is 8.42 Å². The van der Waals surface area contributed by atoms with Crippen LogP contribution >= 0.6 is 11.3 Å². The van der Waals surface area contributed by atoms with Gasteiger partial charge < -0.3 is 4.74 Å². The molecular formula is C22H22FN4O6S2+. The van der Waals surface area contributed by atoms with Crippen LogP contribution in [0.4, 0.5) is 31.0 Å². The Morgan fingerprint density at radius 2 is 1.66 bits per heavy atom. The molecule has 0 bridgehead atoms. The number of thiophene rings is 1. The molecule has 35 heavy (non-hydrogen) atoms. The van der Waals surface area contributed by atoms with Crippen LogP contribution in [0.3, 0.4) is 0 Å². The van der Waals surface area contributed by atoms with E-state index in [2.05, 4.69) is 10.2 Å². The van der Waals surface area contributed by atoms with E-state index in [1.807, 2.05) is 14.0 Å². The largest absolute Gasteiger partial charge is 0.462 e. The van der Waals surface area contributed by atoms with E-state index < -0.39 is 26.0 Å². The van der Waals surface area contributed by atoms with Crippen molar-refractivity contribution in [3.05, 3.63) is 70.3 Å². The van der Waals surface area contributed by atoms with Gasteiger partial charge in [-0.1, -0.05) is 0 Å². The van der Waals surface area contributed by atoms with Crippen LogP contribution in [-0.4, -0.2) is 39.5 Å². The Kier molecular flexibility index (Phi) is 7.73. The molecule has 10 nitrogen and oxygen atoms in total. The number of halogens is 1. The van der Waals surface area contributed by atoms with E-state index in [0.29, 0.717) is 16.7 Å². The minimum absolute atomic E-state index is 0.0297. The fourth-order valence-corrected chi connectivity index (χ4v) is 4.54. The van der Waals surface area contributed by atoms with Crippen LogP contribution in [0.15, 0.2) is 69.7 Å². The number of rotatable bonds is 9. The summed E-state index contributed by atoms with van der Waals surface area (Å²) in [6.45, 7) is 4.31. The number of azo groups is 1. The van der Waals surface area contributed by atoms with Crippen LogP contribution in [0.5, 0.6) is 0 Å². The molecule has 0 radical (unpaired) electrons. The molecule has 3 rings (SSSR count). The minimum atomic E-state index is -4.78. The maximum atomic E-state index is 13.2. The molecule has 0 aliphatic carbocycles. The third-order valence-electron chi connectivity index (χ3n) is 5.37. The van der Waals surface area contributed by atoms with E-state index in [1.54, 1.807) is 43.3 Å². The second-order valence-electron chi connectivity index (χ2n) is 7.44. The second kappa shape index (κ2) is 10.4. The van der Waals surface area contributed by atoms with Gasteiger partial charge in [0, 0.05) is 30.3 Å². The Labute approximate surface area is 205 Å². The summed E-state index contributed by atoms with van der Waals surface area (Å²) in [4.78, 5) is 22.2. The average Bonchev–Trinajstić information content (AvgIpc) is 3.27. The Morgan fingerprint density at radius 1 is 1.09 bits per heavy atom. The number of quaternary nitrogens is 1. The first-order valence-electron chi connectivity index (χ1n) is 10.4. The predicted octanol–water partition coefficient (Wildman–Crippen LogP) is 6.20. The lowest BCUT2D eigenvalue weighted by Crippen LogP contribution is -2.39. The number of hydrogen-bond donors (Lipinski definition) is 0. The van der Waals surface area contributed by atoms with E-state index in [1.165, 1.54) is 12.1 Å². The van der Waals surface area contributed by atoms with Gasteiger partial charge in [0.15, 0.2) is 5.00 Å². The van der Waals surface area contributed by atoms with Crippen molar-refractivity contribution in [1.29, 1.82) is 0 Å². The number of nitro groups is 1. The number of carbonyl (C=O) groups is 1. The van der Waals surface area contributed by atoms with Gasteiger partial charge in [-0.25, -0.2) is 4.79 Å². The predicted molar refractivity (Wildman–Crippen MR) is 130 cm³/mol. The van der Waals surface area contributed by atoms with Crippen molar-refractivity contribution >= 4 is 54.6 Å². The smallest absolute Gasteiger partial charge is 0.341 e. The summed E-state index contributed by atoms with van der Waals surface area (Å²) in [6.07, 6.45) is 0. The maximum Gasteiger partial charge on any atom is 0.341 e. The summed E-state index contributed by atoms with van der Waals surface area (Å²) >= 11 is 0.719. The zero-order chi connectivity index (χ0) is 25.8. The van der Waals surface area contributed by atoms with E-state index in [9.17, 15) is 27.2 Å². The molecule has 0 saturated carbocycles. The maximum absolute atomic E-state index is 13.2. The molecule has 3 aromatic rings. The molecule has 0 amide bonds. The first-order valence-corrected chi connectivity index (χ1v) is 12.6. The Balaban J connectivity index is 1.88. The van der Waals surface area contributed by atoms with Crippen LogP contribution in [0.1, 0.15) is 24.2 Å². The Morgan fingerprint density at radius 3 is 2.14 bits per heavy atom. The lowest BCUT2D eigenvalue weighted by molar-refractivity contribution is -0.380. The summed E-state index contributed by atoms with van der Waals surface area (Å²) in [5, 5.41) is 19.1. The van der Waals surface area contributed by atoms with Crippen molar-refractivity contribution in [1.82, 2.24) is 4.48 Å². The van der Waals surface area contributed by atoms with E-state index in [4.69, 9.17) is 4.74 Å². The summed E-state index contributed by atoms with van der Waals surface area (Å²) in [7, 11) is -2.86. The minimum Gasteiger partial charge on any atom is -0.462 e. The lowest BCUT2D eigenvalue weighted by atomic mass is 10.2. The number of esters is 1. The highest BCUT2D eigenvalue weighted by molar-refractivity contribution is 7.86. The van der Waals surface area contributed by atoms with Crippen molar-refractivity contribution in [3.8, 4) is 0 Å². The van der Waals surface area contributed by atoms with Gasteiger partial charge >= 0.3 is 21.2 Å². The van der Waals surface area contributed by atoms with Crippen LogP contribution in [0.2, 0.25) is 0 Å². The van der Waals surface area contributed by atoms with Crippen molar-refractivity contribution in [2.24, 2.45) is 10.2 Å². The first kappa shape index (κ1) is 26.1. The first-order chi connectivity index (χ1) is 16.5. The molecule has 1 atom stereocenters. The molecule has 1 heterocycles. The van der Waals surface area contributed by atoms with Crippen molar-refractivity contribution in [3.63, 3.8) is 0 Å². The average molecular weight is 522 g/mol. The highest BCUT2D eigenvalue weighted by Crippen LogP contribution is 2.38. The molecule has 0 aliphatic rings. The van der Waals surface area contributed by atoms with Gasteiger partial charge in [-0.15, -0.1) is 14.1 Å². The zero-order valence-electron chi connectivity index (χ0n) is 19.0. The molecule has 184 valence electrons. The van der Waals surface area contributed by atoms with Gasteiger partial charge in [-0.3, -0.25) is 14.6 Å². The molecule has 13 heteroatoms. The van der Waals surface area contributed by atoms with Crippen LogP contribution < -0.4 is 4.48 Å². The van der Waals surface area contributed by atoms with Crippen LogP contribution in [0.25, 0.3) is 0 Å². The fourth-order valence-electron chi connectivity index (χ4n) is 3.29. The number of benzene rings is 2. The molecule has 1 aromatic heterocycles. The topological polar surface area (TPSA) is 128 Å². The molecule has 0 spiro atoms. The van der Waals surface area contributed by atoms with Crippen molar-refractivity contribution < 1.29 is 26.8 Å². The Hall–Kier alpha value is -3.55. The SMILES string of the molecule is CCOC(=O)c1cc([N+](=O)[O-])sc1N=Nc1ccc([N+](C)(CC)c2ccc(S(=O)(=O)F)cc2)cc1. The van der Waals surface area contributed by atoms with E-state index in [-0.39, 0.29) is 22.2 Å². The summed E-state index contributed by atoms with van der Waals surface area (Å²) in [5.74, 6) is -0.719. The van der Waals surface area contributed by atoms with Gasteiger partial charge in [-0.05, 0) is 49.4 Å². The normalized spacial score (nSPS) is 13.5. The van der Waals surface area contributed by atoms with Crippen LogP contribution in [-0.2, 0) is 15.0 Å².